The normalized spacial score (nSPS) is 10.0. The molecular weight excluding hydrogens is 254 g/mol. The molecule has 0 saturated carbocycles. The Bertz CT molecular complexity index is 558. The molecule has 0 radical (unpaired) electrons. The highest BCUT2D eigenvalue weighted by Gasteiger charge is 2.02. The molecule has 1 heterocycles. The number of hydrogen-bond acceptors (Lipinski definition) is 4. The molecule has 0 atom stereocenters. The molecular formula is C15H17N3O2. The van der Waals surface area contributed by atoms with Gasteiger partial charge >= 0.3 is 0 Å². The van der Waals surface area contributed by atoms with Crippen molar-refractivity contribution in [1.29, 1.82) is 0 Å². The quantitative estimate of drug-likeness (QED) is 0.785. The van der Waals surface area contributed by atoms with E-state index >= 15 is 0 Å². The Morgan fingerprint density at radius 2 is 2.20 bits per heavy atom. The third-order valence-electron chi connectivity index (χ3n) is 2.67. The Kier molecular flexibility index (Phi) is 4.94. The first kappa shape index (κ1) is 13.9. The summed E-state index contributed by atoms with van der Waals surface area (Å²) in [7, 11) is 0. The molecule has 1 aromatic carbocycles. The van der Waals surface area contributed by atoms with Crippen LogP contribution in [-0.2, 0) is 11.3 Å². The zero-order valence-corrected chi connectivity index (χ0v) is 11.1. The number of nitrogens with zero attached hydrogens (tertiary/aromatic N) is 1. The smallest absolute Gasteiger partial charge is 0.223 e. The van der Waals surface area contributed by atoms with Crippen LogP contribution in [0.5, 0.6) is 5.75 Å². The maximum atomic E-state index is 11.6. The van der Waals surface area contributed by atoms with Crippen LogP contribution in [0.1, 0.15) is 12.0 Å². The van der Waals surface area contributed by atoms with Gasteiger partial charge in [-0.1, -0.05) is 12.1 Å². The summed E-state index contributed by atoms with van der Waals surface area (Å²) in [5, 5.41) is 2.81. The van der Waals surface area contributed by atoms with E-state index in [4.69, 9.17) is 10.5 Å². The first-order chi connectivity index (χ1) is 9.74. The standard InChI is InChI=1S/C15H17N3O2/c16-13-4-1-5-14(9-13)20-8-6-15(19)18-11-12-3-2-7-17-10-12/h1-5,7,9-10H,6,8,11,16H2,(H,18,19). The lowest BCUT2D eigenvalue weighted by atomic mass is 10.3. The van der Waals surface area contributed by atoms with Crippen molar-refractivity contribution in [2.24, 2.45) is 0 Å². The van der Waals surface area contributed by atoms with Crippen LogP contribution in [0.15, 0.2) is 48.8 Å². The van der Waals surface area contributed by atoms with Crippen LogP contribution in [0, 0.1) is 0 Å². The van der Waals surface area contributed by atoms with Crippen molar-refractivity contribution in [3.8, 4) is 5.75 Å². The van der Waals surface area contributed by atoms with E-state index in [1.54, 1.807) is 24.5 Å². The second-order valence-electron chi connectivity index (χ2n) is 4.31. The number of benzene rings is 1. The zero-order chi connectivity index (χ0) is 14.2. The van der Waals surface area contributed by atoms with E-state index in [9.17, 15) is 4.79 Å². The fraction of sp³-hybridized carbons (Fsp3) is 0.200. The second-order valence-corrected chi connectivity index (χ2v) is 4.31. The molecule has 0 unspecified atom stereocenters. The minimum absolute atomic E-state index is 0.0576. The fourth-order valence-corrected chi connectivity index (χ4v) is 1.66. The van der Waals surface area contributed by atoms with Gasteiger partial charge in [-0.2, -0.15) is 0 Å². The van der Waals surface area contributed by atoms with Gasteiger partial charge in [-0.15, -0.1) is 0 Å². The van der Waals surface area contributed by atoms with Gasteiger partial charge in [0.15, 0.2) is 0 Å². The monoisotopic (exact) mass is 271 g/mol. The maximum absolute atomic E-state index is 11.6. The first-order valence-corrected chi connectivity index (χ1v) is 6.38. The van der Waals surface area contributed by atoms with E-state index < -0.39 is 0 Å². The molecule has 20 heavy (non-hydrogen) atoms. The number of ether oxygens (including phenoxy) is 1. The number of carbonyl (C=O) groups is 1. The molecule has 0 saturated heterocycles. The lowest BCUT2D eigenvalue weighted by Crippen LogP contribution is -2.24. The van der Waals surface area contributed by atoms with Crippen LogP contribution in [-0.4, -0.2) is 17.5 Å². The SMILES string of the molecule is Nc1cccc(OCCC(=O)NCc2cccnc2)c1. The van der Waals surface area contributed by atoms with Gasteiger partial charge in [0.2, 0.25) is 5.91 Å². The highest BCUT2D eigenvalue weighted by Crippen LogP contribution is 2.14. The van der Waals surface area contributed by atoms with Crippen molar-refractivity contribution < 1.29 is 9.53 Å². The molecule has 0 spiro atoms. The largest absolute Gasteiger partial charge is 0.493 e. The molecule has 5 heteroatoms. The number of hydrogen-bond donors (Lipinski definition) is 2. The van der Waals surface area contributed by atoms with Gasteiger partial charge in [0, 0.05) is 30.7 Å². The van der Waals surface area contributed by atoms with Gasteiger partial charge in [0.1, 0.15) is 5.75 Å². The Labute approximate surface area is 117 Å². The molecule has 2 rings (SSSR count). The van der Waals surface area contributed by atoms with Crippen molar-refractivity contribution in [2.75, 3.05) is 12.3 Å². The molecule has 0 aliphatic heterocycles. The predicted molar refractivity (Wildman–Crippen MR) is 77.1 cm³/mol. The van der Waals surface area contributed by atoms with E-state index in [0.717, 1.165) is 5.56 Å². The summed E-state index contributed by atoms with van der Waals surface area (Å²) >= 11 is 0. The topological polar surface area (TPSA) is 77.2 Å². The Hall–Kier alpha value is -2.56. The van der Waals surface area contributed by atoms with Crippen molar-refractivity contribution in [1.82, 2.24) is 10.3 Å². The highest BCUT2D eigenvalue weighted by molar-refractivity contribution is 5.75. The van der Waals surface area contributed by atoms with Crippen LogP contribution < -0.4 is 15.8 Å². The van der Waals surface area contributed by atoms with Crippen LogP contribution in [0.2, 0.25) is 0 Å². The molecule has 3 N–H and O–H groups in total. The molecule has 5 nitrogen and oxygen atoms in total. The number of carbonyl (C=O) groups excluding carboxylic acids is 1. The van der Waals surface area contributed by atoms with E-state index in [-0.39, 0.29) is 5.91 Å². The number of anilines is 1. The van der Waals surface area contributed by atoms with Crippen molar-refractivity contribution >= 4 is 11.6 Å². The Morgan fingerprint density at radius 1 is 1.30 bits per heavy atom. The minimum Gasteiger partial charge on any atom is -0.493 e. The summed E-state index contributed by atoms with van der Waals surface area (Å²) in [6.45, 7) is 0.799. The Morgan fingerprint density at radius 3 is 2.95 bits per heavy atom. The van der Waals surface area contributed by atoms with E-state index in [1.165, 1.54) is 0 Å². The molecule has 1 aromatic heterocycles. The van der Waals surface area contributed by atoms with Crippen LogP contribution in [0.3, 0.4) is 0 Å². The van der Waals surface area contributed by atoms with Crippen molar-refractivity contribution in [3.63, 3.8) is 0 Å². The molecule has 1 amide bonds. The lowest BCUT2D eigenvalue weighted by Gasteiger charge is -2.07. The number of aromatic nitrogens is 1. The molecule has 104 valence electrons. The summed E-state index contributed by atoms with van der Waals surface area (Å²) < 4.78 is 5.46. The average Bonchev–Trinajstić information content (AvgIpc) is 2.46. The lowest BCUT2D eigenvalue weighted by molar-refractivity contribution is -0.121. The summed E-state index contributed by atoms with van der Waals surface area (Å²) in [6, 6.07) is 10.9. The van der Waals surface area contributed by atoms with Gasteiger partial charge < -0.3 is 15.8 Å². The number of amides is 1. The van der Waals surface area contributed by atoms with Gasteiger partial charge in [-0.3, -0.25) is 9.78 Å². The molecule has 0 bridgehead atoms. The van der Waals surface area contributed by atoms with E-state index in [1.807, 2.05) is 24.3 Å². The third-order valence-corrected chi connectivity index (χ3v) is 2.67. The number of nitrogens with one attached hydrogen (secondary N) is 1. The van der Waals surface area contributed by atoms with Crippen LogP contribution in [0.4, 0.5) is 5.69 Å². The number of nitrogen functional groups attached to an aromatic ring is 1. The summed E-state index contributed by atoms with van der Waals surface area (Å²) in [5.41, 5.74) is 7.25. The predicted octanol–water partition coefficient (Wildman–Crippen LogP) is 1.75. The zero-order valence-electron chi connectivity index (χ0n) is 11.1. The average molecular weight is 271 g/mol. The van der Waals surface area contributed by atoms with E-state index in [2.05, 4.69) is 10.3 Å². The highest BCUT2D eigenvalue weighted by atomic mass is 16.5. The van der Waals surface area contributed by atoms with Crippen LogP contribution >= 0.6 is 0 Å². The third kappa shape index (κ3) is 4.61. The number of pyridine rings is 1. The molecule has 2 aromatic rings. The van der Waals surface area contributed by atoms with Gasteiger partial charge in [-0.25, -0.2) is 0 Å². The fourth-order valence-electron chi connectivity index (χ4n) is 1.66. The van der Waals surface area contributed by atoms with Crippen molar-refractivity contribution in [2.45, 2.75) is 13.0 Å². The summed E-state index contributed by atoms with van der Waals surface area (Å²) in [5.74, 6) is 0.614. The maximum Gasteiger partial charge on any atom is 0.223 e. The molecule has 0 aliphatic carbocycles. The molecule has 0 fully saturated rings. The first-order valence-electron chi connectivity index (χ1n) is 6.38. The minimum atomic E-state index is -0.0576. The van der Waals surface area contributed by atoms with E-state index in [0.29, 0.717) is 31.0 Å². The van der Waals surface area contributed by atoms with Crippen LogP contribution in [0.25, 0.3) is 0 Å². The summed E-state index contributed by atoms with van der Waals surface area (Å²) in [6.07, 6.45) is 3.73. The number of nitrogens with two attached hydrogens (primary N) is 1. The van der Waals surface area contributed by atoms with Gasteiger partial charge in [0.05, 0.1) is 13.0 Å². The van der Waals surface area contributed by atoms with Gasteiger partial charge in [-0.05, 0) is 23.8 Å². The molecule has 0 aliphatic rings. The summed E-state index contributed by atoms with van der Waals surface area (Å²) in [4.78, 5) is 15.6. The number of rotatable bonds is 6. The Balaban J connectivity index is 1.68. The van der Waals surface area contributed by atoms with Gasteiger partial charge in [0.25, 0.3) is 0 Å². The second kappa shape index (κ2) is 7.13. The van der Waals surface area contributed by atoms with Crippen molar-refractivity contribution in [3.05, 3.63) is 54.4 Å².